The predicted molar refractivity (Wildman–Crippen MR) is 65.2 cm³/mol. The molecule has 1 aromatic heterocycles. The van der Waals surface area contributed by atoms with Crippen LogP contribution in [0.1, 0.15) is 31.9 Å². The molecule has 88 valence electrons. The molecule has 4 nitrogen and oxygen atoms in total. The second-order valence-corrected chi connectivity index (χ2v) is 4.55. The van der Waals surface area contributed by atoms with Crippen molar-refractivity contribution in [3.05, 3.63) is 18.1 Å². The second-order valence-electron chi connectivity index (χ2n) is 4.55. The summed E-state index contributed by atoms with van der Waals surface area (Å²) >= 11 is 0. The lowest BCUT2D eigenvalue weighted by molar-refractivity contribution is 0.521. The summed E-state index contributed by atoms with van der Waals surface area (Å²) in [5, 5.41) is 0. The highest BCUT2D eigenvalue weighted by atomic mass is 15.2. The lowest BCUT2D eigenvalue weighted by Crippen LogP contribution is -2.27. The van der Waals surface area contributed by atoms with Gasteiger partial charge in [-0.05, 0) is 25.2 Å². The minimum absolute atomic E-state index is 0.467. The Labute approximate surface area is 96.9 Å². The second kappa shape index (κ2) is 5.25. The van der Waals surface area contributed by atoms with Gasteiger partial charge >= 0.3 is 0 Å². The van der Waals surface area contributed by atoms with Crippen molar-refractivity contribution >= 4 is 5.82 Å². The zero-order chi connectivity index (χ0) is 11.4. The molecule has 0 spiro atoms. The summed E-state index contributed by atoms with van der Waals surface area (Å²) in [5.41, 5.74) is 6.61. The van der Waals surface area contributed by atoms with Gasteiger partial charge in [-0.3, -0.25) is 4.98 Å². The topological polar surface area (TPSA) is 55.0 Å². The highest BCUT2D eigenvalue weighted by Crippen LogP contribution is 2.22. The average Bonchev–Trinajstić information content (AvgIpc) is 2.54. The molecule has 1 aromatic rings. The Kier molecular flexibility index (Phi) is 3.72. The molecular weight excluding hydrogens is 200 g/mol. The van der Waals surface area contributed by atoms with Gasteiger partial charge in [0.2, 0.25) is 0 Å². The van der Waals surface area contributed by atoms with E-state index in [1.807, 2.05) is 0 Å². The molecule has 4 heteroatoms. The molecule has 16 heavy (non-hydrogen) atoms. The Morgan fingerprint density at radius 1 is 1.31 bits per heavy atom. The highest BCUT2D eigenvalue weighted by Gasteiger charge is 2.17. The van der Waals surface area contributed by atoms with E-state index >= 15 is 0 Å². The number of hydrogen-bond donors (Lipinski definition) is 1. The molecule has 1 fully saturated rings. The third-order valence-corrected chi connectivity index (χ3v) is 3.26. The molecule has 0 amide bonds. The van der Waals surface area contributed by atoms with E-state index in [0.29, 0.717) is 6.54 Å². The van der Waals surface area contributed by atoms with Crippen LogP contribution in [0.2, 0.25) is 0 Å². The van der Waals surface area contributed by atoms with E-state index in [9.17, 15) is 0 Å². The molecule has 2 rings (SSSR count). The summed E-state index contributed by atoms with van der Waals surface area (Å²) in [6.45, 7) is 4.95. The van der Waals surface area contributed by atoms with Crippen LogP contribution in [0.5, 0.6) is 0 Å². The standard InChI is InChI=1S/C12H20N4/c1-10-3-2-7-16(8-4-10)12-11(9-13)14-5-6-15-12/h5-6,10H,2-4,7-9,13H2,1H3. The fourth-order valence-corrected chi connectivity index (χ4v) is 2.24. The van der Waals surface area contributed by atoms with Crippen molar-refractivity contribution in [2.45, 2.75) is 32.7 Å². The van der Waals surface area contributed by atoms with E-state index < -0.39 is 0 Å². The molecule has 2 heterocycles. The first-order valence-electron chi connectivity index (χ1n) is 6.06. The smallest absolute Gasteiger partial charge is 0.151 e. The van der Waals surface area contributed by atoms with Crippen LogP contribution in [-0.4, -0.2) is 23.1 Å². The van der Waals surface area contributed by atoms with Gasteiger partial charge in [-0.1, -0.05) is 6.92 Å². The molecule has 1 aliphatic rings. The number of anilines is 1. The third kappa shape index (κ3) is 2.50. The first-order chi connectivity index (χ1) is 7.81. The Bertz CT molecular complexity index is 340. The van der Waals surface area contributed by atoms with Crippen LogP contribution < -0.4 is 10.6 Å². The molecule has 0 aromatic carbocycles. The van der Waals surface area contributed by atoms with Gasteiger partial charge < -0.3 is 10.6 Å². The quantitative estimate of drug-likeness (QED) is 0.822. The van der Waals surface area contributed by atoms with Gasteiger partial charge in [-0.2, -0.15) is 0 Å². The van der Waals surface area contributed by atoms with E-state index in [1.54, 1.807) is 12.4 Å². The number of nitrogens with two attached hydrogens (primary N) is 1. The molecular formula is C12H20N4. The van der Waals surface area contributed by atoms with Gasteiger partial charge in [-0.25, -0.2) is 4.98 Å². The van der Waals surface area contributed by atoms with Crippen LogP contribution in [0.3, 0.4) is 0 Å². The molecule has 0 radical (unpaired) electrons. The average molecular weight is 220 g/mol. The van der Waals surface area contributed by atoms with Crippen LogP contribution in [0, 0.1) is 5.92 Å². The maximum absolute atomic E-state index is 5.69. The van der Waals surface area contributed by atoms with Gasteiger partial charge in [-0.15, -0.1) is 0 Å². The van der Waals surface area contributed by atoms with E-state index in [1.165, 1.54) is 19.3 Å². The molecule has 1 saturated heterocycles. The SMILES string of the molecule is CC1CCCN(c2nccnc2CN)CC1. The number of aromatic nitrogens is 2. The number of nitrogens with zero attached hydrogens (tertiary/aromatic N) is 3. The first-order valence-corrected chi connectivity index (χ1v) is 6.06. The Balaban J connectivity index is 2.16. The molecule has 1 unspecified atom stereocenters. The Morgan fingerprint density at radius 3 is 2.94 bits per heavy atom. The number of rotatable bonds is 2. The van der Waals surface area contributed by atoms with Crippen molar-refractivity contribution < 1.29 is 0 Å². The van der Waals surface area contributed by atoms with Crippen LogP contribution >= 0.6 is 0 Å². The van der Waals surface area contributed by atoms with Crippen molar-refractivity contribution in [3.8, 4) is 0 Å². The van der Waals surface area contributed by atoms with Crippen molar-refractivity contribution in [2.75, 3.05) is 18.0 Å². The Morgan fingerprint density at radius 2 is 2.12 bits per heavy atom. The lowest BCUT2D eigenvalue weighted by atomic mass is 10.0. The van der Waals surface area contributed by atoms with Gasteiger partial charge in [0.15, 0.2) is 5.82 Å². The maximum atomic E-state index is 5.69. The summed E-state index contributed by atoms with van der Waals surface area (Å²) in [4.78, 5) is 11.0. The molecule has 1 atom stereocenters. The van der Waals surface area contributed by atoms with Crippen molar-refractivity contribution in [1.29, 1.82) is 0 Å². The van der Waals surface area contributed by atoms with E-state index in [-0.39, 0.29) is 0 Å². The van der Waals surface area contributed by atoms with Crippen molar-refractivity contribution in [2.24, 2.45) is 11.7 Å². The minimum Gasteiger partial charge on any atom is -0.355 e. The molecule has 2 N–H and O–H groups in total. The van der Waals surface area contributed by atoms with Gasteiger partial charge in [0.1, 0.15) is 0 Å². The Hall–Kier alpha value is -1.16. The largest absolute Gasteiger partial charge is 0.355 e. The van der Waals surface area contributed by atoms with Gasteiger partial charge in [0.25, 0.3) is 0 Å². The van der Waals surface area contributed by atoms with Crippen LogP contribution in [0.15, 0.2) is 12.4 Å². The normalized spacial score (nSPS) is 21.9. The van der Waals surface area contributed by atoms with E-state index in [2.05, 4.69) is 21.8 Å². The molecule has 1 aliphatic heterocycles. The number of hydrogen-bond acceptors (Lipinski definition) is 4. The summed E-state index contributed by atoms with van der Waals surface area (Å²) in [5.74, 6) is 1.81. The highest BCUT2D eigenvalue weighted by molar-refractivity contribution is 5.42. The van der Waals surface area contributed by atoms with E-state index in [0.717, 1.165) is 30.5 Å². The van der Waals surface area contributed by atoms with Crippen molar-refractivity contribution in [1.82, 2.24) is 9.97 Å². The van der Waals surface area contributed by atoms with Gasteiger partial charge in [0.05, 0.1) is 5.69 Å². The van der Waals surface area contributed by atoms with Crippen LogP contribution in [0.25, 0.3) is 0 Å². The maximum Gasteiger partial charge on any atom is 0.151 e. The third-order valence-electron chi connectivity index (χ3n) is 3.26. The lowest BCUT2D eigenvalue weighted by Gasteiger charge is -2.23. The fraction of sp³-hybridized carbons (Fsp3) is 0.667. The first kappa shape index (κ1) is 11.3. The molecule has 0 saturated carbocycles. The minimum atomic E-state index is 0.467. The van der Waals surface area contributed by atoms with E-state index in [4.69, 9.17) is 5.73 Å². The van der Waals surface area contributed by atoms with Crippen LogP contribution in [-0.2, 0) is 6.54 Å². The summed E-state index contributed by atoms with van der Waals surface area (Å²) < 4.78 is 0. The van der Waals surface area contributed by atoms with Gasteiger partial charge in [0, 0.05) is 32.0 Å². The zero-order valence-electron chi connectivity index (χ0n) is 9.89. The summed E-state index contributed by atoms with van der Waals surface area (Å²) in [6, 6.07) is 0. The zero-order valence-corrected chi connectivity index (χ0v) is 9.89. The monoisotopic (exact) mass is 220 g/mol. The van der Waals surface area contributed by atoms with Crippen molar-refractivity contribution in [3.63, 3.8) is 0 Å². The predicted octanol–water partition coefficient (Wildman–Crippen LogP) is 1.56. The fourth-order valence-electron chi connectivity index (χ4n) is 2.24. The van der Waals surface area contributed by atoms with Crippen LogP contribution in [0.4, 0.5) is 5.82 Å². The molecule has 0 bridgehead atoms. The summed E-state index contributed by atoms with van der Waals surface area (Å²) in [6.07, 6.45) is 7.26. The summed E-state index contributed by atoms with van der Waals surface area (Å²) in [7, 11) is 0. The molecule has 0 aliphatic carbocycles.